The van der Waals surface area contributed by atoms with Gasteiger partial charge in [0.25, 0.3) is 0 Å². The van der Waals surface area contributed by atoms with Crippen molar-refractivity contribution < 1.29 is 9.90 Å². The van der Waals surface area contributed by atoms with Gasteiger partial charge < -0.3 is 5.11 Å². The molecule has 2 heterocycles. The molecule has 0 fully saturated rings. The number of aromatic carboxylic acids is 1. The normalized spacial score (nSPS) is 10.2. The maximum atomic E-state index is 10.8. The summed E-state index contributed by atoms with van der Waals surface area (Å²) in [6.45, 7) is 0. The molecule has 1 N–H and O–H groups in total. The molecule has 0 aliphatic carbocycles. The molecule has 4 nitrogen and oxygen atoms in total. The minimum atomic E-state index is -0.977. The van der Waals surface area contributed by atoms with Crippen molar-refractivity contribution in [1.29, 1.82) is 0 Å². The van der Waals surface area contributed by atoms with Gasteiger partial charge in [0.15, 0.2) is 0 Å². The molecule has 0 aliphatic rings. The van der Waals surface area contributed by atoms with Crippen LogP contribution in [-0.2, 0) is 0 Å². The topological polar surface area (TPSA) is 63.1 Å². The molecule has 0 unspecified atom stereocenters. The molecule has 0 bridgehead atoms. The molecule has 0 atom stereocenters. The van der Waals surface area contributed by atoms with Crippen molar-refractivity contribution in [2.24, 2.45) is 0 Å². The van der Waals surface area contributed by atoms with Gasteiger partial charge >= 0.3 is 5.97 Å². The zero-order valence-electron chi connectivity index (χ0n) is 7.35. The molecule has 0 saturated carbocycles. The van der Waals surface area contributed by atoms with Crippen LogP contribution >= 0.6 is 27.3 Å². The summed E-state index contributed by atoms with van der Waals surface area (Å²) in [4.78, 5) is 19.1. The fourth-order valence-corrected chi connectivity index (χ4v) is 2.54. The van der Waals surface area contributed by atoms with E-state index in [0.29, 0.717) is 9.61 Å². The van der Waals surface area contributed by atoms with E-state index in [1.165, 1.54) is 0 Å². The minimum absolute atomic E-state index is 0.203. The van der Waals surface area contributed by atoms with Gasteiger partial charge in [-0.05, 0) is 28.1 Å². The molecule has 0 saturated heterocycles. The van der Waals surface area contributed by atoms with Crippen LogP contribution in [0.4, 0.5) is 0 Å². The average Bonchev–Trinajstić information content (AvgIpc) is 2.62. The zero-order chi connectivity index (χ0) is 10.8. The molecule has 0 aromatic carbocycles. The Labute approximate surface area is 97.8 Å². The lowest BCUT2D eigenvalue weighted by Gasteiger charge is -1.91. The molecular weight excluding hydrogens is 280 g/mol. The molecule has 0 amide bonds. The first-order valence-electron chi connectivity index (χ1n) is 3.98. The highest BCUT2D eigenvalue weighted by molar-refractivity contribution is 9.10. The largest absolute Gasteiger partial charge is 0.477 e. The van der Waals surface area contributed by atoms with Crippen LogP contribution in [0.3, 0.4) is 0 Å². The van der Waals surface area contributed by atoms with E-state index < -0.39 is 5.97 Å². The Morgan fingerprint density at radius 1 is 1.53 bits per heavy atom. The van der Waals surface area contributed by atoms with Crippen LogP contribution in [0.5, 0.6) is 0 Å². The van der Waals surface area contributed by atoms with Gasteiger partial charge in [0.05, 0.1) is 0 Å². The summed E-state index contributed by atoms with van der Waals surface area (Å²) in [6, 6.07) is 3.62. The Balaban J connectivity index is 2.48. The van der Waals surface area contributed by atoms with Gasteiger partial charge in [-0.3, -0.25) is 4.98 Å². The highest BCUT2D eigenvalue weighted by atomic mass is 79.9. The van der Waals surface area contributed by atoms with Crippen molar-refractivity contribution in [2.75, 3.05) is 0 Å². The van der Waals surface area contributed by atoms with Crippen LogP contribution in [0.1, 0.15) is 9.67 Å². The van der Waals surface area contributed by atoms with Gasteiger partial charge in [-0.15, -0.1) is 11.3 Å². The number of halogens is 1. The number of rotatable bonds is 2. The third kappa shape index (κ3) is 2.05. The average molecular weight is 285 g/mol. The van der Waals surface area contributed by atoms with E-state index in [1.807, 2.05) is 6.07 Å². The number of carbonyl (C=O) groups is 1. The summed E-state index contributed by atoms with van der Waals surface area (Å²) in [6.07, 6.45) is 3.31. The molecule has 2 aromatic rings. The number of thiazole rings is 1. The Morgan fingerprint density at radius 3 is 2.87 bits per heavy atom. The van der Waals surface area contributed by atoms with E-state index in [-0.39, 0.29) is 4.88 Å². The Kier molecular flexibility index (Phi) is 2.79. The second-order valence-electron chi connectivity index (χ2n) is 2.69. The highest BCUT2D eigenvalue weighted by Gasteiger charge is 2.15. The second-order valence-corrected chi connectivity index (χ2v) is 4.44. The maximum absolute atomic E-state index is 10.8. The highest BCUT2D eigenvalue weighted by Crippen LogP contribution is 2.30. The van der Waals surface area contributed by atoms with Crippen LogP contribution in [0.2, 0.25) is 0 Å². The second kappa shape index (κ2) is 4.08. The van der Waals surface area contributed by atoms with Gasteiger partial charge in [-0.2, -0.15) is 0 Å². The lowest BCUT2D eigenvalue weighted by molar-refractivity contribution is 0.0701. The SMILES string of the molecule is O=C(O)c1sc(-c2cccnc2)nc1Br. The minimum Gasteiger partial charge on any atom is -0.477 e. The number of aromatic nitrogens is 2. The lowest BCUT2D eigenvalue weighted by Crippen LogP contribution is -1.91. The van der Waals surface area contributed by atoms with E-state index in [0.717, 1.165) is 16.9 Å². The van der Waals surface area contributed by atoms with Crippen molar-refractivity contribution >= 4 is 33.2 Å². The predicted molar refractivity (Wildman–Crippen MR) is 60.0 cm³/mol. The van der Waals surface area contributed by atoms with E-state index in [2.05, 4.69) is 25.9 Å². The van der Waals surface area contributed by atoms with Crippen LogP contribution in [0.25, 0.3) is 10.6 Å². The standard InChI is InChI=1S/C9H5BrN2O2S/c10-7-6(9(13)14)15-8(12-7)5-2-1-3-11-4-5/h1-4H,(H,13,14). The lowest BCUT2D eigenvalue weighted by atomic mass is 10.3. The number of carboxylic acid groups (broad SMARTS) is 1. The Hall–Kier alpha value is -1.27. The Bertz CT molecular complexity index is 498. The van der Waals surface area contributed by atoms with E-state index in [1.54, 1.807) is 18.5 Å². The van der Waals surface area contributed by atoms with Crippen molar-refractivity contribution in [1.82, 2.24) is 9.97 Å². The van der Waals surface area contributed by atoms with Gasteiger partial charge in [-0.1, -0.05) is 0 Å². The quantitative estimate of drug-likeness (QED) is 0.921. The number of pyridine rings is 1. The van der Waals surface area contributed by atoms with Crippen molar-refractivity contribution in [3.8, 4) is 10.6 Å². The number of carboxylic acids is 1. The summed E-state index contributed by atoms with van der Waals surface area (Å²) in [7, 11) is 0. The molecule has 15 heavy (non-hydrogen) atoms. The Morgan fingerprint density at radius 2 is 2.33 bits per heavy atom. The monoisotopic (exact) mass is 284 g/mol. The van der Waals surface area contributed by atoms with Crippen molar-refractivity contribution in [3.63, 3.8) is 0 Å². The first kappa shape index (κ1) is 10.3. The molecule has 0 spiro atoms. The zero-order valence-corrected chi connectivity index (χ0v) is 9.75. The van der Waals surface area contributed by atoms with Crippen LogP contribution in [0, 0.1) is 0 Å². The molecule has 2 aromatic heterocycles. The number of hydrogen-bond donors (Lipinski definition) is 1. The number of nitrogens with zero attached hydrogens (tertiary/aromatic N) is 2. The van der Waals surface area contributed by atoms with Crippen LogP contribution < -0.4 is 0 Å². The van der Waals surface area contributed by atoms with Crippen LogP contribution in [-0.4, -0.2) is 21.0 Å². The first-order valence-corrected chi connectivity index (χ1v) is 5.59. The van der Waals surface area contributed by atoms with E-state index in [9.17, 15) is 4.79 Å². The third-order valence-corrected chi connectivity index (χ3v) is 3.62. The van der Waals surface area contributed by atoms with Crippen molar-refractivity contribution in [3.05, 3.63) is 34.0 Å². The summed E-state index contributed by atoms with van der Waals surface area (Å²) < 4.78 is 0.360. The fourth-order valence-electron chi connectivity index (χ4n) is 1.05. The molecule has 6 heteroatoms. The van der Waals surface area contributed by atoms with Crippen molar-refractivity contribution in [2.45, 2.75) is 0 Å². The fraction of sp³-hybridized carbons (Fsp3) is 0. The summed E-state index contributed by atoms with van der Waals surface area (Å²) in [5.74, 6) is -0.977. The molecule has 2 rings (SSSR count). The van der Waals surface area contributed by atoms with E-state index >= 15 is 0 Å². The van der Waals surface area contributed by atoms with E-state index in [4.69, 9.17) is 5.11 Å². The summed E-state index contributed by atoms with van der Waals surface area (Å²) in [5, 5.41) is 9.50. The maximum Gasteiger partial charge on any atom is 0.348 e. The summed E-state index contributed by atoms with van der Waals surface area (Å²) >= 11 is 4.24. The molecular formula is C9H5BrN2O2S. The predicted octanol–water partition coefficient (Wildman–Crippen LogP) is 2.67. The smallest absolute Gasteiger partial charge is 0.348 e. The molecule has 76 valence electrons. The summed E-state index contributed by atoms with van der Waals surface area (Å²) in [5.41, 5.74) is 0.815. The van der Waals surface area contributed by atoms with Gasteiger partial charge in [0.1, 0.15) is 14.5 Å². The third-order valence-electron chi connectivity index (χ3n) is 1.69. The first-order chi connectivity index (χ1) is 7.18. The van der Waals surface area contributed by atoms with Gasteiger partial charge in [-0.25, -0.2) is 9.78 Å². The number of hydrogen-bond acceptors (Lipinski definition) is 4. The van der Waals surface area contributed by atoms with Crippen LogP contribution in [0.15, 0.2) is 29.1 Å². The molecule has 0 radical (unpaired) electrons. The molecule has 0 aliphatic heterocycles. The van der Waals surface area contributed by atoms with Gasteiger partial charge in [0, 0.05) is 18.0 Å². The van der Waals surface area contributed by atoms with Gasteiger partial charge in [0.2, 0.25) is 0 Å².